The molecule has 2 aromatic carbocycles. The molecule has 1 heterocycles. The van der Waals surface area contributed by atoms with Crippen LogP contribution in [-0.2, 0) is 0 Å². The highest BCUT2D eigenvalue weighted by molar-refractivity contribution is 5.93. The van der Waals surface area contributed by atoms with Crippen molar-refractivity contribution in [3.05, 3.63) is 48.5 Å². The van der Waals surface area contributed by atoms with Crippen molar-refractivity contribution < 1.29 is 15.0 Å². The Labute approximate surface area is 141 Å². The second-order valence-electron chi connectivity index (χ2n) is 6.38. The van der Waals surface area contributed by atoms with Gasteiger partial charge in [0.15, 0.2) is 0 Å². The largest absolute Gasteiger partial charge is 0.508 e. The number of para-hydroxylation sites is 1. The van der Waals surface area contributed by atoms with Gasteiger partial charge in [0.2, 0.25) is 0 Å². The standard InChI is InChI=1S/C19H22N2O3/c1-20-10-9-14(12-20)13-21(19(23)24)18-8-3-2-7-17(18)15-5-4-6-16(22)11-15/h2-8,11,14,22H,9-10,12-13H2,1H3,(H,23,24)/t14-/m1/s1. The maximum atomic E-state index is 11.9. The number of likely N-dealkylation sites (tertiary alicyclic amines) is 1. The zero-order chi connectivity index (χ0) is 17.1. The molecule has 1 amide bonds. The van der Waals surface area contributed by atoms with Crippen LogP contribution < -0.4 is 4.90 Å². The van der Waals surface area contributed by atoms with E-state index in [-0.39, 0.29) is 5.75 Å². The molecule has 0 unspecified atom stereocenters. The molecular formula is C19H22N2O3. The predicted octanol–water partition coefficient (Wildman–Crippen LogP) is 3.50. The van der Waals surface area contributed by atoms with E-state index in [0.717, 1.165) is 30.6 Å². The van der Waals surface area contributed by atoms with Gasteiger partial charge in [-0.25, -0.2) is 4.79 Å². The van der Waals surface area contributed by atoms with E-state index in [0.29, 0.717) is 18.2 Å². The molecule has 2 aromatic rings. The third-order valence-electron chi connectivity index (χ3n) is 4.51. The van der Waals surface area contributed by atoms with Crippen molar-refractivity contribution >= 4 is 11.8 Å². The second-order valence-corrected chi connectivity index (χ2v) is 6.38. The van der Waals surface area contributed by atoms with Crippen molar-refractivity contribution in [2.75, 3.05) is 31.6 Å². The average molecular weight is 326 g/mol. The van der Waals surface area contributed by atoms with Gasteiger partial charge in [0.25, 0.3) is 0 Å². The van der Waals surface area contributed by atoms with Crippen molar-refractivity contribution in [1.82, 2.24) is 4.90 Å². The van der Waals surface area contributed by atoms with Crippen molar-refractivity contribution in [2.45, 2.75) is 6.42 Å². The molecule has 0 aromatic heterocycles. The van der Waals surface area contributed by atoms with E-state index in [1.807, 2.05) is 30.3 Å². The van der Waals surface area contributed by atoms with Gasteiger partial charge in [0, 0.05) is 18.7 Å². The van der Waals surface area contributed by atoms with Crippen LogP contribution in [0.2, 0.25) is 0 Å². The van der Waals surface area contributed by atoms with Crippen molar-refractivity contribution in [3.63, 3.8) is 0 Å². The van der Waals surface area contributed by atoms with Crippen LogP contribution in [0, 0.1) is 5.92 Å². The number of nitrogens with zero attached hydrogens (tertiary/aromatic N) is 2. The number of phenolic OH excluding ortho intramolecular Hbond substituents is 1. The Bertz CT molecular complexity index is 732. The highest BCUT2D eigenvalue weighted by Crippen LogP contribution is 2.33. The molecular weight excluding hydrogens is 304 g/mol. The first-order valence-electron chi connectivity index (χ1n) is 8.12. The number of carbonyl (C=O) groups is 1. The Kier molecular flexibility index (Phi) is 4.71. The number of hydrogen-bond acceptors (Lipinski definition) is 3. The molecule has 0 saturated carbocycles. The molecule has 5 heteroatoms. The third kappa shape index (κ3) is 3.51. The fraction of sp³-hybridized carbons (Fsp3) is 0.316. The summed E-state index contributed by atoms with van der Waals surface area (Å²) in [7, 11) is 2.06. The molecule has 1 aliphatic heterocycles. The molecule has 1 aliphatic rings. The van der Waals surface area contributed by atoms with Gasteiger partial charge in [0.1, 0.15) is 5.75 Å². The highest BCUT2D eigenvalue weighted by Gasteiger charge is 2.26. The fourth-order valence-corrected chi connectivity index (χ4v) is 3.34. The van der Waals surface area contributed by atoms with Crippen LogP contribution >= 0.6 is 0 Å². The summed E-state index contributed by atoms with van der Waals surface area (Å²) in [6, 6.07) is 14.3. The first-order valence-corrected chi connectivity index (χ1v) is 8.12. The summed E-state index contributed by atoms with van der Waals surface area (Å²) in [6.45, 7) is 2.40. The van der Waals surface area contributed by atoms with Crippen molar-refractivity contribution in [2.24, 2.45) is 5.92 Å². The Morgan fingerprint density at radius 2 is 2.04 bits per heavy atom. The quantitative estimate of drug-likeness (QED) is 0.903. The zero-order valence-electron chi connectivity index (χ0n) is 13.7. The van der Waals surface area contributed by atoms with Gasteiger partial charge < -0.3 is 15.1 Å². The predicted molar refractivity (Wildman–Crippen MR) is 94.5 cm³/mol. The minimum Gasteiger partial charge on any atom is -0.508 e. The van der Waals surface area contributed by atoms with Crippen molar-refractivity contribution in [1.29, 1.82) is 0 Å². The highest BCUT2D eigenvalue weighted by atomic mass is 16.4. The maximum Gasteiger partial charge on any atom is 0.411 e. The number of amides is 1. The van der Waals surface area contributed by atoms with E-state index < -0.39 is 6.09 Å². The van der Waals surface area contributed by atoms with E-state index in [2.05, 4.69) is 11.9 Å². The minimum absolute atomic E-state index is 0.168. The third-order valence-corrected chi connectivity index (χ3v) is 4.51. The summed E-state index contributed by atoms with van der Waals surface area (Å²) >= 11 is 0. The lowest BCUT2D eigenvalue weighted by Gasteiger charge is -2.25. The van der Waals surface area contributed by atoms with Crippen LogP contribution in [0.5, 0.6) is 5.75 Å². The van der Waals surface area contributed by atoms with Crippen LogP contribution in [0.4, 0.5) is 10.5 Å². The van der Waals surface area contributed by atoms with Crippen LogP contribution in [0.15, 0.2) is 48.5 Å². The zero-order valence-corrected chi connectivity index (χ0v) is 13.7. The Hall–Kier alpha value is -2.53. The summed E-state index contributed by atoms with van der Waals surface area (Å²) < 4.78 is 0. The molecule has 0 bridgehead atoms. The number of rotatable bonds is 4. The Morgan fingerprint density at radius 3 is 2.71 bits per heavy atom. The average Bonchev–Trinajstić information content (AvgIpc) is 2.97. The molecule has 5 nitrogen and oxygen atoms in total. The molecule has 24 heavy (non-hydrogen) atoms. The number of hydrogen-bond donors (Lipinski definition) is 2. The molecule has 3 rings (SSSR count). The van der Waals surface area contributed by atoms with Crippen molar-refractivity contribution in [3.8, 4) is 16.9 Å². The van der Waals surface area contributed by atoms with Crippen LogP contribution in [0.3, 0.4) is 0 Å². The lowest BCUT2D eigenvalue weighted by molar-refractivity contribution is 0.200. The van der Waals surface area contributed by atoms with Gasteiger partial charge in [-0.2, -0.15) is 0 Å². The van der Waals surface area contributed by atoms with E-state index in [1.165, 1.54) is 4.90 Å². The van der Waals surface area contributed by atoms with E-state index in [9.17, 15) is 15.0 Å². The molecule has 1 saturated heterocycles. The first kappa shape index (κ1) is 16.3. The summed E-state index contributed by atoms with van der Waals surface area (Å²) in [5, 5.41) is 19.5. The van der Waals surface area contributed by atoms with Crippen LogP contribution in [-0.4, -0.2) is 47.9 Å². The molecule has 126 valence electrons. The number of anilines is 1. The minimum atomic E-state index is -0.947. The van der Waals surface area contributed by atoms with E-state index >= 15 is 0 Å². The number of benzene rings is 2. The van der Waals surface area contributed by atoms with E-state index in [1.54, 1.807) is 18.2 Å². The van der Waals surface area contributed by atoms with E-state index in [4.69, 9.17) is 0 Å². The summed E-state index contributed by atoms with van der Waals surface area (Å²) in [6.07, 6.45) is 0.0614. The summed E-state index contributed by atoms with van der Waals surface area (Å²) in [4.78, 5) is 15.5. The lowest BCUT2D eigenvalue weighted by atomic mass is 10.0. The topological polar surface area (TPSA) is 64.0 Å². The first-order chi connectivity index (χ1) is 11.5. The molecule has 1 fully saturated rings. The molecule has 1 atom stereocenters. The lowest BCUT2D eigenvalue weighted by Crippen LogP contribution is -2.35. The van der Waals surface area contributed by atoms with Gasteiger partial charge in [0.05, 0.1) is 5.69 Å². The molecule has 0 radical (unpaired) electrons. The SMILES string of the molecule is CN1CC[C@@H](CN(C(=O)O)c2ccccc2-c2cccc(O)c2)C1. The van der Waals surface area contributed by atoms with Crippen LogP contribution in [0.1, 0.15) is 6.42 Å². The van der Waals surface area contributed by atoms with Crippen LogP contribution in [0.25, 0.3) is 11.1 Å². The summed E-state index contributed by atoms with van der Waals surface area (Å²) in [5.41, 5.74) is 2.27. The second kappa shape index (κ2) is 6.93. The molecule has 0 aliphatic carbocycles. The normalized spacial score (nSPS) is 17.8. The fourth-order valence-electron chi connectivity index (χ4n) is 3.34. The van der Waals surface area contributed by atoms with Gasteiger partial charge >= 0.3 is 6.09 Å². The van der Waals surface area contributed by atoms with Gasteiger partial charge in [-0.3, -0.25) is 4.90 Å². The maximum absolute atomic E-state index is 11.9. The smallest absolute Gasteiger partial charge is 0.411 e. The van der Waals surface area contributed by atoms with Gasteiger partial charge in [-0.15, -0.1) is 0 Å². The number of aromatic hydroxyl groups is 1. The molecule has 0 spiro atoms. The molecule has 2 N–H and O–H groups in total. The monoisotopic (exact) mass is 326 g/mol. The van der Waals surface area contributed by atoms with Gasteiger partial charge in [-0.1, -0.05) is 30.3 Å². The Balaban J connectivity index is 1.95. The number of phenols is 1. The summed E-state index contributed by atoms with van der Waals surface area (Å²) in [5.74, 6) is 0.505. The number of carboxylic acid groups (broad SMARTS) is 1. The Morgan fingerprint density at radius 1 is 1.25 bits per heavy atom. The van der Waals surface area contributed by atoms with Gasteiger partial charge in [-0.05, 0) is 49.7 Å².